The molecule has 0 bridgehead atoms. The lowest BCUT2D eigenvalue weighted by Crippen LogP contribution is -2.49. The SMILES string of the molecule is COCC1(CN2CCC(CN(C)C)CC2)CCNCC1. The fraction of sp³-hybridized carbons (Fsp3) is 1.00. The maximum atomic E-state index is 5.54. The minimum Gasteiger partial charge on any atom is -0.384 e. The molecule has 4 nitrogen and oxygen atoms in total. The Kier molecular flexibility index (Phi) is 6.27. The number of ether oxygens (including phenoxy) is 1. The van der Waals surface area contributed by atoms with E-state index in [2.05, 4.69) is 29.2 Å². The van der Waals surface area contributed by atoms with Crippen molar-refractivity contribution in [3.05, 3.63) is 0 Å². The van der Waals surface area contributed by atoms with Crippen LogP contribution in [0.5, 0.6) is 0 Å². The fourth-order valence-electron chi connectivity index (χ4n) is 3.93. The van der Waals surface area contributed by atoms with E-state index in [1.165, 1.54) is 51.9 Å². The molecule has 0 aliphatic carbocycles. The van der Waals surface area contributed by atoms with Crippen LogP contribution in [0.2, 0.25) is 0 Å². The van der Waals surface area contributed by atoms with Crippen LogP contribution in [0.15, 0.2) is 0 Å². The van der Waals surface area contributed by atoms with E-state index in [-0.39, 0.29) is 0 Å². The molecule has 2 saturated heterocycles. The van der Waals surface area contributed by atoms with Gasteiger partial charge in [-0.05, 0) is 71.9 Å². The third kappa shape index (κ3) is 4.69. The van der Waals surface area contributed by atoms with Gasteiger partial charge in [-0.3, -0.25) is 0 Å². The van der Waals surface area contributed by atoms with Crippen molar-refractivity contribution in [1.82, 2.24) is 15.1 Å². The van der Waals surface area contributed by atoms with Crippen molar-refractivity contribution in [2.75, 3.05) is 67.1 Å². The molecule has 0 spiro atoms. The molecule has 0 atom stereocenters. The summed E-state index contributed by atoms with van der Waals surface area (Å²) in [5.74, 6) is 0.896. The summed E-state index contributed by atoms with van der Waals surface area (Å²) in [7, 11) is 6.23. The summed E-state index contributed by atoms with van der Waals surface area (Å²) in [6, 6.07) is 0. The molecule has 2 fully saturated rings. The number of nitrogens with zero attached hydrogens (tertiary/aromatic N) is 2. The van der Waals surface area contributed by atoms with Crippen molar-refractivity contribution < 1.29 is 4.74 Å². The molecule has 20 heavy (non-hydrogen) atoms. The van der Waals surface area contributed by atoms with Crippen molar-refractivity contribution >= 4 is 0 Å². The molecule has 1 N–H and O–H groups in total. The molecule has 118 valence electrons. The molecule has 0 amide bonds. The molecule has 2 rings (SSSR count). The number of rotatable bonds is 6. The van der Waals surface area contributed by atoms with Gasteiger partial charge in [0.15, 0.2) is 0 Å². The highest BCUT2D eigenvalue weighted by atomic mass is 16.5. The van der Waals surface area contributed by atoms with Gasteiger partial charge in [0.2, 0.25) is 0 Å². The second-order valence-corrected chi connectivity index (χ2v) is 7.16. The first-order valence-electron chi connectivity index (χ1n) is 8.20. The summed E-state index contributed by atoms with van der Waals surface area (Å²) in [5.41, 5.74) is 0.397. The van der Waals surface area contributed by atoms with E-state index < -0.39 is 0 Å². The quantitative estimate of drug-likeness (QED) is 0.795. The van der Waals surface area contributed by atoms with Gasteiger partial charge in [0.1, 0.15) is 0 Å². The Hall–Kier alpha value is -0.160. The van der Waals surface area contributed by atoms with Crippen molar-refractivity contribution in [1.29, 1.82) is 0 Å². The summed E-state index contributed by atoms with van der Waals surface area (Å²) in [6.07, 6.45) is 5.25. The average molecular weight is 283 g/mol. The van der Waals surface area contributed by atoms with Crippen molar-refractivity contribution in [2.45, 2.75) is 25.7 Å². The second kappa shape index (κ2) is 7.74. The highest BCUT2D eigenvalue weighted by molar-refractivity contribution is 4.89. The molecular weight excluding hydrogens is 250 g/mol. The molecular formula is C16H33N3O. The van der Waals surface area contributed by atoms with Crippen molar-refractivity contribution in [3.8, 4) is 0 Å². The average Bonchev–Trinajstić information content (AvgIpc) is 2.42. The highest BCUT2D eigenvalue weighted by Crippen LogP contribution is 2.31. The number of methoxy groups -OCH3 is 1. The predicted octanol–water partition coefficient (Wildman–Crippen LogP) is 1.28. The van der Waals surface area contributed by atoms with Gasteiger partial charge in [0.05, 0.1) is 6.61 Å². The van der Waals surface area contributed by atoms with Crippen LogP contribution in [0, 0.1) is 11.3 Å². The van der Waals surface area contributed by atoms with Crippen LogP contribution in [0.4, 0.5) is 0 Å². The van der Waals surface area contributed by atoms with E-state index in [4.69, 9.17) is 4.74 Å². The normalized spacial score (nSPS) is 25.2. The monoisotopic (exact) mass is 283 g/mol. The zero-order valence-corrected chi connectivity index (χ0v) is 13.7. The van der Waals surface area contributed by atoms with E-state index in [9.17, 15) is 0 Å². The molecule has 0 aromatic carbocycles. The predicted molar refractivity (Wildman–Crippen MR) is 84.1 cm³/mol. The molecule has 0 saturated carbocycles. The van der Waals surface area contributed by atoms with Crippen LogP contribution in [-0.4, -0.2) is 76.9 Å². The van der Waals surface area contributed by atoms with Gasteiger partial charge in [0.25, 0.3) is 0 Å². The van der Waals surface area contributed by atoms with Gasteiger partial charge in [-0.2, -0.15) is 0 Å². The van der Waals surface area contributed by atoms with E-state index in [1.807, 2.05) is 7.11 Å². The van der Waals surface area contributed by atoms with Crippen LogP contribution in [0.1, 0.15) is 25.7 Å². The molecule has 2 aliphatic heterocycles. The highest BCUT2D eigenvalue weighted by Gasteiger charge is 2.35. The van der Waals surface area contributed by atoms with E-state index in [0.717, 1.165) is 25.6 Å². The lowest BCUT2D eigenvalue weighted by atomic mass is 9.78. The van der Waals surface area contributed by atoms with Crippen LogP contribution in [0.25, 0.3) is 0 Å². The second-order valence-electron chi connectivity index (χ2n) is 7.16. The Bertz CT molecular complexity index is 263. The van der Waals surface area contributed by atoms with Gasteiger partial charge in [-0.25, -0.2) is 0 Å². The van der Waals surface area contributed by atoms with Gasteiger partial charge >= 0.3 is 0 Å². The van der Waals surface area contributed by atoms with Crippen molar-refractivity contribution in [3.63, 3.8) is 0 Å². The zero-order chi connectivity index (χ0) is 14.4. The summed E-state index contributed by atoms with van der Waals surface area (Å²) in [4.78, 5) is 5.02. The van der Waals surface area contributed by atoms with Gasteiger partial charge in [0, 0.05) is 25.6 Å². The third-order valence-corrected chi connectivity index (χ3v) is 5.00. The number of hydrogen-bond donors (Lipinski definition) is 1. The van der Waals surface area contributed by atoms with Crippen LogP contribution < -0.4 is 5.32 Å². The van der Waals surface area contributed by atoms with E-state index in [1.54, 1.807) is 0 Å². The Morgan fingerprint density at radius 1 is 1.20 bits per heavy atom. The van der Waals surface area contributed by atoms with E-state index >= 15 is 0 Å². The number of nitrogens with one attached hydrogen (secondary N) is 1. The zero-order valence-electron chi connectivity index (χ0n) is 13.7. The summed E-state index contributed by atoms with van der Waals surface area (Å²) < 4.78 is 5.54. The molecule has 0 unspecified atom stereocenters. The Labute approximate surface area is 124 Å². The molecule has 4 heteroatoms. The number of likely N-dealkylation sites (tertiary alicyclic amines) is 1. The molecule has 2 aliphatic rings. The Morgan fingerprint density at radius 3 is 2.40 bits per heavy atom. The largest absolute Gasteiger partial charge is 0.384 e. The lowest BCUT2D eigenvalue weighted by molar-refractivity contribution is 0.0124. The molecule has 0 aromatic rings. The standard InChI is InChI=1S/C16H33N3O/c1-18(2)12-15-4-10-19(11-5-15)13-16(14-20-3)6-8-17-9-7-16/h15,17H,4-14H2,1-3H3. The maximum absolute atomic E-state index is 5.54. The lowest BCUT2D eigenvalue weighted by Gasteiger charge is -2.43. The minimum atomic E-state index is 0.397. The van der Waals surface area contributed by atoms with Crippen LogP contribution >= 0.6 is 0 Å². The van der Waals surface area contributed by atoms with Crippen molar-refractivity contribution in [2.24, 2.45) is 11.3 Å². The van der Waals surface area contributed by atoms with Crippen LogP contribution in [-0.2, 0) is 4.74 Å². The van der Waals surface area contributed by atoms with Gasteiger partial charge < -0.3 is 19.9 Å². The first kappa shape index (κ1) is 16.2. The molecule has 2 heterocycles. The third-order valence-electron chi connectivity index (χ3n) is 5.00. The Balaban J connectivity index is 1.80. The fourth-order valence-corrected chi connectivity index (χ4v) is 3.93. The van der Waals surface area contributed by atoms with Crippen LogP contribution in [0.3, 0.4) is 0 Å². The van der Waals surface area contributed by atoms with Gasteiger partial charge in [-0.1, -0.05) is 0 Å². The first-order chi connectivity index (χ1) is 9.63. The topological polar surface area (TPSA) is 27.7 Å². The maximum Gasteiger partial charge on any atom is 0.0531 e. The molecule has 0 radical (unpaired) electrons. The Morgan fingerprint density at radius 2 is 1.85 bits per heavy atom. The van der Waals surface area contributed by atoms with E-state index in [0.29, 0.717) is 5.41 Å². The van der Waals surface area contributed by atoms with Gasteiger partial charge in [-0.15, -0.1) is 0 Å². The smallest absolute Gasteiger partial charge is 0.0531 e. The number of hydrogen-bond acceptors (Lipinski definition) is 4. The summed E-state index contributed by atoms with van der Waals surface area (Å²) in [5, 5.41) is 3.48. The summed E-state index contributed by atoms with van der Waals surface area (Å²) >= 11 is 0. The first-order valence-corrected chi connectivity index (χ1v) is 8.20. The molecule has 0 aromatic heterocycles. The minimum absolute atomic E-state index is 0.397. The summed E-state index contributed by atoms with van der Waals surface area (Å²) in [6.45, 7) is 8.26. The number of piperidine rings is 2.